The zero-order valence-corrected chi connectivity index (χ0v) is 12.2. The summed E-state index contributed by atoms with van der Waals surface area (Å²) in [6, 6.07) is 11.0. The van der Waals surface area contributed by atoms with Gasteiger partial charge >= 0.3 is 0 Å². The van der Waals surface area contributed by atoms with E-state index in [2.05, 4.69) is 29.2 Å². The highest BCUT2D eigenvalue weighted by molar-refractivity contribution is 5.66. The van der Waals surface area contributed by atoms with Crippen molar-refractivity contribution in [2.24, 2.45) is 0 Å². The second kappa shape index (κ2) is 5.05. The number of aromatic hydroxyl groups is 1. The summed E-state index contributed by atoms with van der Waals surface area (Å²) in [5.41, 5.74) is 5.13. The molecular formula is C17H16N2O2. The Morgan fingerprint density at radius 1 is 1.00 bits per heavy atom. The van der Waals surface area contributed by atoms with Crippen LogP contribution >= 0.6 is 0 Å². The van der Waals surface area contributed by atoms with E-state index in [1.54, 1.807) is 18.2 Å². The molecule has 4 heteroatoms. The number of phenolic OH excluding ortho intramolecular Hbond substituents is 1. The second-order valence-electron chi connectivity index (χ2n) is 5.25. The van der Waals surface area contributed by atoms with Gasteiger partial charge in [0.25, 0.3) is 5.89 Å². The Hall–Kier alpha value is -2.62. The van der Waals surface area contributed by atoms with Gasteiger partial charge in [0.2, 0.25) is 5.82 Å². The lowest BCUT2D eigenvalue weighted by molar-refractivity contribution is 0.431. The predicted octanol–water partition coefficient (Wildman–Crippen LogP) is 4.03. The molecule has 0 aliphatic heterocycles. The third-order valence-corrected chi connectivity index (χ3v) is 3.42. The smallest absolute Gasteiger partial charge is 0.258 e. The van der Waals surface area contributed by atoms with Gasteiger partial charge in [-0.2, -0.15) is 4.98 Å². The van der Waals surface area contributed by atoms with Crippen molar-refractivity contribution in [2.45, 2.75) is 20.8 Å². The Balaban J connectivity index is 2.07. The molecule has 0 saturated carbocycles. The third kappa shape index (κ3) is 2.52. The molecule has 2 aromatic carbocycles. The zero-order valence-electron chi connectivity index (χ0n) is 12.2. The lowest BCUT2D eigenvalue weighted by Gasteiger charge is -2.06. The van der Waals surface area contributed by atoms with Gasteiger partial charge in [-0.15, -0.1) is 0 Å². The SMILES string of the molecule is Cc1cc(C)c(-c2nc(-c3cccc(O)c3)no2)c(C)c1. The van der Waals surface area contributed by atoms with Crippen LogP contribution in [0.3, 0.4) is 0 Å². The van der Waals surface area contributed by atoms with Gasteiger partial charge in [-0.05, 0) is 44.0 Å². The van der Waals surface area contributed by atoms with E-state index in [4.69, 9.17) is 4.52 Å². The first-order valence-corrected chi connectivity index (χ1v) is 6.76. The van der Waals surface area contributed by atoms with Crippen molar-refractivity contribution in [1.82, 2.24) is 10.1 Å². The number of aromatic nitrogens is 2. The minimum absolute atomic E-state index is 0.182. The van der Waals surface area contributed by atoms with Crippen molar-refractivity contribution in [3.63, 3.8) is 0 Å². The van der Waals surface area contributed by atoms with Gasteiger partial charge in [0, 0.05) is 11.1 Å². The van der Waals surface area contributed by atoms with Crippen LogP contribution in [-0.2, 0) is 0 Å². The summed E-state index contributed by atoms with van der Waals surface area (Å²) in [5, 5.41) is 13.5. The minimum atomic E-state index is 0.182. The van der Waals surface area contributed by atoms with Crippen molar-refractivity contribution in [2.75, 3.05) is 0 Å². The maximum absolute atomic E-state index is 9.53. The van der Waals surface area contributed by atoms with Crippen LogP contribution in [0.2, 0.25) is 0 Å². The number of rotatable bonds is 2. The molecule has 0 fully saturated rings. The van der Waals surface area contributed by atoms with E-state index in [0.717, 1.165) is 22.3 Å². The first-order chi connectivity index (χ1) is 10.0. The molecule has 0 aliphatic carbocycles. The molecule has 0 saturated heterocycles. The largest absolute Gasteiger partial charge is 0.508 e. The van der Waals surface area contributed by atoms with Crippen molar-refractivity contribution in [1.29, 1.82) is 0 Å². The standard InChI is InChI=1S/C17H16N2O2/c1-10-7-11(2)15(12(3)8-10)17-18-16(19-21-17)13-5-4-6-14(20)9-13/h4-9,20H,1-3H3. The molecule has 0 spiro atoms. The van der Waals surface area contributed by atoms with Crippen LogP contribution in [0, 0.1) is 20.8 Å². The van der Waals surface area contributed by atoms with Crippen LogP contribution < -0.4 is 0 Å². The Morgan fingerprint density at radius 2 is 1.71 bits per heavy atom. The molecule has 1 heterocycles. The van der Waals surface area contributed by atoms with Crippen molar-refractivity contribution in [3.05, 3.63) is 53.1 Å². The average Bonchev–Trinajstić information content (AvgIpc) is 2.87. The Bertz CT molecular complexity index is 783. The summed E-state index contributed by atoms with van der Waals surface area (Å²) in [7, 11) is 0. The molecule has 0 amide bonds. The maximum atomic E-state index is 9.53. The normalized spacial score (nSPS) is 10.8. The zero-order chi connectivity index (χ0) is 15.0. The molecule has 106 valence electrons. The Labute approximate surface area is 123 Å². The highest BCUT2D eigenvalue weighted by Crippen LogP contribution is 2.29. The quantitative estimate of drug-likeness (QED) is 0.769. The van der Waals surface area contributed by atoms with Gasteiger partial charge in [-0.25, -0.2) is 0 Å². The third-order valence-electron chi connectivity index (χ3n) is 3.42. The lowest BCUT2D eigenvalue weighted by Crippen LogP contribution is -1.90. The van der Waals surface area contributed by atoms with Gasteiger partial charge in [-0.1, -0.05) is 35.0 Å². The molecule has 4 nitrogen and oxygen atoms in total. The van der Waals surface area contributed by atoms with Crippen molar-refractivity contribution in [3.8, 4) is 28.6 Å². The van der Waals surface area contributed by atoms with E-state index in [1.807, 2.05) is 19.9 Å². The molecule has 0 bridgehead atoms. The molecule has 0 aliphatic rings. The fraction of sp³-hybridized carbons (Fsp3) is 0.176. The highest BCUT2D eigenvalue weighted by Gasteiger charge is 2.15. The number of benzene rings is 2. The maximum Gasteiger partial charge on any atom is 0.258 e. The van der Waals surface area contributed by atoms with E-state index in [-0.39, 0.29) is 5.75 Å². The monoisotopic (exact) mass is 280 g/mol. The van der Waals surface area contributed by atoms with Gasteiger partial charge in [-0.3, -0.25) is 0 Å². The van der Waals surface area contributed by atoms with Crippen LogP contribution in [0.1, 0.15) is 16.7 Å². The molecule has 3 aromatic rings. The Kier molecular flexibility index (Phi) is 3.22. The molecular weight excluding hydrogens is 264 g/mol. The first kappa shape index (κ1) is 13.4. The summed E-state index contributed by atoms with van der Waals surface area (Å²) in [5.74, 6) is 1.16. The van der Waals surface area contributed by atoms with Gasteiger partial charge in [0.05, 0.1) is 0 Å². The second-order valence-corrected chi connectivity index (χ2v) is 5.25. The van der Waals surface area contributed by atoms with Gasteiger partial charge < -0.3 is 9.63 Å². The molecule has 0 unspecified atom stereocenters. The van der Waals surface area contributed by atoms with Crippen LogP contribution in [0.5, 0.6) is 5.75 Å². The predicted molar refractivity (Wildman–Crippen MR) is 81.0 cm³/mol. The number of aryl methyl sites for hydroxylation is 3. The topological polar surface area (TPSA) is 59.2 Å². The number of hydrogen-bond acceptors (Lipinski definition) is 4. The Morgan fingerprint density at radius 3 is 2.38 bits per heavy atom. The summed E-state index contributed by atoms with van der Waals surface area (Å²) in [6.45, 7) is 6.14. The van der Waals surface area contributed by atoms with Crippen molar-refractivity contribution >= 4 is 0 Å². The van der Waals surface area contributed by atoms with Crippen LogP contribution in [0.25, 0.3) is 22.8 Å². The molecule has 0 atom stereocenters. The van der Waals surface area contributed by atoms with Crippen LogP contribution in [0.4, 0.5) is 0 Å². The van der Waals surface area contributed by atoms with E-state index in [9.17, 15) is 5.11 Å². The van der Waals surface area contributed by atoms with E-state index in [0.29, 0.717) is 11.7 Å². The average molecular weight is 280 g/mol. The summed E-state index contributed by atoms with van der Waals surface area (Å²) in [4.78, 5) is 4.45. The van der Waals surface area contributed by atoms with Crippen LogP contribution in [0.15, 0.2) is 40.9 Å². The fourth-order valence-corrected chi connectivity index (χ4v) is 2.60. The lowest BCUT2D eigenvalue weighted by atomic mass is 10.00. The molecule has 1 N–H and O–H groups in total. The molecule has 21 heavy (non-hydrogen) atoms. The number of hydrogen-bond donors (Lipinski definition) is 1. The summed E-state index contributed by atoms with van der Waals surface area (Å²) < 4.78 is 5.40. The minimum Gasteiger partial charge on any atom is -0.508 e. The number of phenols is 1. The number of nitrogens with zero attached hydrogens (tertiary/aromatic N) is 2. The summed E-state index contributed by atoms with van der Waals surface area (Å²) in [6.07, 6.45) is 0. The molecule has 1 aromatic heterocycles. The van der Waals surface area contributed by atoms with E-state index < -0.39 is 0 Å². The van der Waals surface area contributed by atoms with Crippen LogP contribution in [-0.4, -0.2) is 15.2 Å². The molecule has 0 radical (unpaired) electrons. The van der Waals surface area contributed by atoms with Crippen molar-refractivity contribution < 1.29 is 9.63 Å². The van der Waals surface area contributed by atoms with E-state index >= 15 is 0 Å². The van der Waals surface area contributed by atoms with Gasteiger partial charge in [0.1, 0.15) is 5.75 Å². The van der Waals surface area contributed by atoms with E-state index in [1.165, 1.54) is 5.56 Å². The first-order valence-electron chi connectivity index (χ1n) is 6.76. The van der Waals surface area contributed by atoms with Gasteiger partial charge in [0.15, 0.2) is 0 Å². The highest BCUT2D eigenvalue weighted by atomic mass is 16.5. The molecule has 3 rings (SSSR count). The fourth-order valence-electron chi connectivity index (χ4n) is 2.60. The summed E-state index contributed by atoms with van der Waals surface area (Å²) >= 11 is 0.